The van der Waals surface area contributed by atoms with Crippen LogP contribution in [0.5, 0.6) is 0 Å². The molecule has 1 N–H and O–H groups in total. The zero-order valence-electron chi connectivity index (χ0n) is 12.9. The Balaban J connectivity index is 1.83. The molecule has 0 aliphatic carbocycles. The summed E-state index contributed by atoms with van der Waals surface area (Å²) in [7, 11) is 3.89. The van der Waals surface area contributed by atoms with Crippen LogP contribution in [0.25, 0.3) is 0 Å². The number of carbonyl (C=O) groups is 1. The Labute approximate surface area is 141 Å². The van der Waals surface area contributed by atoms with Crippen molar-refractivity contribution in [2.24, 2.45) is 0 Å². The van der Waals surface area contributed by atoms with Crippen molar-refractivity contribution in [2.45, 2.75) is 0 Å². The van der Waals surface area contributed by atoms with Crippen LogP contribution in [0.3, 0.4) is 0 Å². The molecule has 120 valence electrons. The fourth-order valence-corrected chi connectivity index (χ4v) is 2.49. The van der Waals surface area contributed by atoms with E-state index in [1.54, 1.807) is 17.0 Å². The van der Waals surface area contributed by atoms with Gasteiger partial charge in [-0.25, -0.2) is 0 Å². The van der Waals surface area contributed by atoms with Crippen LogP contribution >= 0.6 is 23.8 Å². The molecule has 0 saturated carbocycles. The van der Waals surface area contributed by atoms with Gasteiger partial charge in [-0.05, 0) is 43.5 Å². The lowest BCUT2D eigenvalue weighted by Gasteiger charge is -2.33. The summed E-state index contributed by atoms with van der Waals surface area (Å²) in [5, 5.41) is 4.30. The van der Waals surface area contributed by atoms with Gasteiger partial charge in [0, 0.05) is 43.9 Å². The Morgan fingerprint density at radius 1 is 1.27 bits per heavy atom. The van der Waals surface area contributed by atoms with Gasteiger partial charge in [0.25, 0.3) is 0 Å². The zero-order valence-corrected chi connectivity index (χ0v) is 14.5. The van der Waals surface area contributed by atoms with Gasteiger partial charge in [0.2, 0.25) is 5.91 Å². The average molecular weight is 341 g/mol. The number of nitrogens with one attached hydrogen (secondary N) is 1. The summed E-state index contributed by atoms with van der Waals surface area (Å²) in [5.74, 6) is 0.107. The van der Waals surface area contributed by atoms with Gasteiger partial charge in [0.1, 0.15) is 0 Å². The van der Waals surface area contributed by atoms with E-state index in [0.29, 0.717) is 10.1 Å². The standard InChI is InChI=1S/C15H21ClN4OS/c1-18-7-9-20(10-8-18)14(21)11-19(2)15(22)17-13-5-3-12(16)4-6-13/h3-6H,7-11H2,1-2H3,(H,17,22). The third-order valence-electron chi connectivity index (χ3n) is 3.67. The minimum Gasteiger partial charge on any atom is -0.343 e. The summed E-state index contributed by atoms with van der Waals surface area (Å²) >= 11 is 11.2. The highest BCUT2D eigenvalue weighted by Crippen LogP contribution is 2.13. The molecule has 7 heteroatoms. The summed E-state index contributed by atoms with van der Waals surface area (Å²) in [4.78, 5) is 18.1. The molecule has 1 heterocycles. The maximum absolute atomic E-state index is 12.3. The Hall–Kier alpha value is -1.37. The molecule has 1 aliphatic heterocycles. The number of rotatable bonds is 3. The number of halogens is 1. The highest BCUT2D eigenvalue weighted by molar-refractivity contribution is 7.80. The predicted molar refractivity (Wildman–Crippen MR) is 94.4 cm³/mol. The van der Waals surface area contributed by atoms with E-state index in [2.05, 4.69) is 17.3 Å². The van der Waals surface area contributed by atoms with E-state index in [9.17, 15) is 4.79 Å². The molecule has 0 unspecified atom stereocenters. The second-order valence-electron chi connectivity index (χ2n) is 5.48. The summed E-state index contributed by atoms with van der Waals surface area (Å²) < 4.78 is 0. The summed E-state index contributed by atoms with van der Waals surface area (Å²) in [5.41, 5.74) is 0.855. The van der Waals surface area contributed by atoms with Crippen LogP contribution in [0.2, 0.25) is 5.02 Å². The van der Waals surface area contributed by atoms with Gasteiger partial charge in [0.15, 0.2) is 5.11 Å². The number of thiocarbonyl (C=S) groups is 1. The maximum Gasteiger partial charge on any atom is 0.242 e. The van der Waals surface area contributed by atoms with E-state index in [-0.39, 0.29) is 12.5 Å². The molecule has 1 amide bonds. The fraction of sp³-hybridized carbons (Fsp3) is 0.467. The molecule has 0 spiro atoms. The molecule has 22 heavy (non-hydrogen) atoms. The van der Waals surface area contributed by atoms with E-state index >= 15 is 0 Å². The Morgan fingerprint density at radius 2 is 1.86 bits per heavy atom. The van der Waals surface area contributed by atoms with Crippen molar-refractivity contribution in [2.75, 3.05) is 52.1 Å². The molecule has 1 aromatic carbocycles. The van der Waals surface area contributed by atoms with Gasteiger partial charge in [-0.3, -0.25) is 4.79 Å². The topological polar surface area (TPSA) is 38.8 Å². The first-order valence-corrected chi connectivity index (χ1v) is 7.98. The highest BCUT2D eigenvalue weighted by Gasteiger charge is 2.20. The monoisotopic (exact) mass is 340 g/mol. The van der Waals surface area contributed by atoms with Crippen LogP contribution in [-0.2, 0) is 4.79 Å². The van der Waals surface area contributed by atoms with E-state index in [1.807, 2.05) is 24.1 Å². The van der Waals surface area contributed by atoms with E-state index in [0.717, 1.165) is 31.9 Å². The van der Waals surface area contributed by atoms with Crippen LogP contribution in [0.1, 0.15) is 0 Å². The summed E-state index contributed by atoms with van der Waals surface area (Å²) in [6.45, 7) is 3.68. The largest absolute Gasteiger partial charge is 0.343 e. The minimum absolute atomic E-state index is 0.107. The lowest BCUT2D eigenvalue weighted by atomic mass is 10.3. The first kappa shape index (κ1) is 17.0. The number of piperazine rings is 1. The predicted octanol–water partition coefficient (Wildman–Crippen LogP) is 1.74. The average Bonchev–Trinajstić information content (AvgIpc) is 2.50. The number of likely N-dealkylation sites (N-methyl/N-ethyl adjacent to an activating group) is 2. The van der Waals surface area contributed by atoms with E-state index < -0.39 is 0 Å². The molecule has 2 rings (SSSR count). The molecular formula is C15H21ClN4OS. The van der Waals surface area contributed by atoms with Crippen LogP contribution in [0, 0.1) is 0 Å². The first-order chi connectivity index (χ1) is 10.5. The summed E-state index contributed by atoms with van der Waals surface area (Å²) in [6, 6.07) is 7.29. The fourth-order valence-electron chi connectivity index (χ4n) is 2.18. The van der Waals surface area contributed by atoms with Crippen molar-refractivity contribution in [3.05, 3.63) is 29.3 Å². The molecular weight excluding hydrogens is 320 g/mol. The molecule has 1 saturated heterocycles. The van der Waals surface area contributed by atoms with Gasteiger partial charge in [0.05, 0.1) is 6.54 Å². The molecule has 1 aromatic rings. The number of anilines is 1. The Bertz CT molecular complexity index is 529. The van der Waals surface area contributed by atoms with Gasteiger partial charge < -0.3 is 20.0 Å². The maximum atomic E-state index is 12.3. The highest BCUT2D eigenvalue weighted by atomic mass is 35.5. The molecule has 0 radical (unpaired) electrons. The first-order valence-electron chi connectivity index (χ1n) is 7.19. The molecule has 1 aliphatic rings. The Morgan fingerprint density at radius 3 is 2.45 bits per heavy atom. The third kappa shape index (κ3) is 4.83. The quantitative estimate of drug-likeness (QED) is 0.849. The second-order valence-corrected chi connectivity index (χ2v) is 6.30. The van der Waals surface area contributed by atoms with Gasteiger partial charge in [-0.1, -0.05) is 11.6 Å². The number of benzene rings is 1. The van der Waals surface area contributed by atoms with E-state index in [1.165, 1.54) is 0 Å². The SMILES string of the molecule is CN1CCN(C(=O)CN(C)C(=S)Nc2ccc(Cl)cc2)CC1. The lowest BCUT2D eigenvalue weighted by Crippen LogP contribution is -2.50. The van der Waals surface area contributed by atoms with Crippen molar-refractivity contribution < 1.29 is 4.79 Å². The minimum atomic E-state index is 0.107. The molecule has 0 atom stereocenters. The number of nitrogens with zero attached hydrogens (tertiary/aromatic N) is 3. The lowest BCUT2D eigenvalue weighted by molar-refractivity contribution is -0.132. The van der Waals surface area contributed by atoms with Crippen LogP contribution in [0.4, 0.5) is 5.69 Å². The zero-order chi connectivity index (χ0) is 16.1. The van der Waals surface area contributed by atoms with E-state index in [4.69, 9.17) is 23.8 Å². The van der Waals surface area contributed by atoms with Crippen LogP contribution in [-0.4, -0.2) is 72.5 Å². The van der Waals surface area contributed by atoms with Gasteiger partial charge >= 0.3 is 0 Å². The van der Waals surface area contributed by atoms with Crippen molar-refractivity contribution >= 4 is 40.5 Å². The third-order valence-corrected chi connectivity index (χ3v) is 4.34. The molecule has 0 aromatic heterocycles. The van der Waals surface area contributed by atoms with Crippen molar-refractivity contribution in [1.82, 2.24) is 14.7 Å². The van der Waals surface area contributed by atoms with Gasteiger partial charge in [-0.2, -0.15) is 0 Å². The second kappa shape index (κ2) is 7.76. The normalized spacial score (nSPS) is 15.5. The molecule has 0 bridgehead atoms. The molecule has 5 nitrogen and oxygen atoms in total. The van der Waals surface area contributed by atoms with Gasteiger partial charge in [-0.15, -0.1) is 0 Å². The van der Waals surface area contributed by atoms with Crippen molar-refractivity contribution in [1.29, 1.82) is 0 Å². The summed E-state index contributed by atoms with van der Waals surface area (Å²) in [6.07, 6.45) is 0. The van der Waals surface area contributed by atoms with Crippen molar-refractivity contribution in [3.63, 3.8) is 0 Å². The number of carbonyl (C=O) groups excluding carboxylic acids is 1. The van der Waals surface area contributed by atoms with Crippen LogP contribution < -0.4 is 5.32 Å². The van der Waals surface area contributed by atoms with Crippen molar-refractivity contribution in [3.8, 4) is 0 Å². The Kier molecular flexibility index (Phi) is 5.99. The number of hydrogen-bond donors (Lipinski definition) is 1. The molecule has 1 fully saturated rings. The smallest absolute Gasteiger partial charge is 0.242 e. The number of hydrogen-bond acceptors (Lipinski definition) is 3. The van der Waals surface area contributed by atoms with Crippen LogP contribution in [0.15, 0.2) is 24.3 Å². The number of amides is 1.